The number of aryl methyl sites for hydroxylation is 1. The summed E-state index contributed by atoms with van der Waals surface area (Å²) in [5.74, 6) is 0.806. The van der Waals surface area contributed by atoms with Gasteiger partial charge in [-0.1, -0.05) is 6.07 Å². The number of hydrogen-bond donors (Lipinski definition) is 1. The summed E-state index contributed by atoms with van der Waals surface area (Å²) in [5.41, 5.74) is 5.07. The predicted molar refractivity (Wildman–Crippen MR) is 100 cm³/mol. The summed E-state index contributed by atoms with van der Waals surface area (Å²) in [7, 11) is 0. The monoisotopic (exact) mass is 361 g/mol. The van der Waals surface area contributed by atoms with Crippen molar-refractivity contribution in [1.82, 2.24) is 24.5 Å². The van der Waals surface area contributed by atoms with Crippen LogP contribution in [0, 0.1) is 6.92 Å². The van der Waals surface area contributed by atoms with E-state index in [4.69, 9.17) is 9.40 Å². The standard InChI is InChI=1S/C20H19N5O2/c1-13-15(6-9-27-13)17-10-19-22-18-12-24(11-14-4-2-3-7-21-14)8-5-16(18)20(26)25(19)23-17/h2-4,6-7,9-10,23H,5,8,11-12H2,1H3. The molecule has 136 valence electrons. The molecule has 5 heterocycles. The molecule has 7 nitrogen and oxygen atoms in total. The molecule has 7 heteroatoms. The molecule has 0 unspecified atom stereocenters. The number of rotatable bonds is 3. The van der Waals surface area contributed by atoms with E-state index >= 15 is 0 Å². The molecular formula is C20H19N5O2. The zero-order valence-corrected chi connectivity index (χ0v) is 15.0. The van der Waals surface area contributed by atoms with Gasteiger partial charge in [0.2, 0.25) is 0 Å². The minimum Gasteiger partial charge on any atom is -0.469 e. The van der Waals surface area contributed by atoms with Crippen LogP contribution in [0.2, 0.25) is 0 Å². The first-order valence-electron chi connectivity index (χ1n) is 8.99. The second-order valence-corrected chi connectivity index (χ2v) is 6.88. The first-order valence-corrected chi connectivity index (χ1v) is 8.99. The maximum Gasteiger partial charge on any atom is 0.276 e. The van der Waals surface area contributed by atoms with Gasteiger partial charge >= 0.3 is 0 Å². The highest BCUT2D eigenvalue weighted by molar-refractivity contribution is 5.65. The Balaban J connectivity index is 1.51. The highest BCUT2D eigenvalue weighted by Gasteiger charge is 2.23. The molecule has 1 N–H and O–H groups in total. The van der Waals surface area contributed by atoms with Crippen molar-refractivity contribution in [2.24, 2.45) is 0 Å². The quantitative estimate of drug-likeness (QED) is 0.607. The van der Waals surface area contributed by atoms with Gasteiger partial charge in [-0.25, -0.2) is 9.50 Å². The van der Waals surface area contributed by atoms with Crippen LogP contribution in [0.3, 0.4) is 0 Å². The summed E-state index contributed by atoms with van der Waals surface area (Å²) in [6.07, 6.45) is 4.14. The number of fused-ring (bicyclic) bond motifs is 2. The second-order valence-electron chi connectivity index (χ2n) is 6.88. The summed E-state index contributed by atoms with van der Waals surface area (Å²) in [5, 5.41) is 3.17. The van der Waals surface area contributed by atoms with Crippen LogP contribution in [0.25, 0.3) is 16.9 Å². The van der Waals surface area contributed by atoms with Crippen LogP contribution in [0.4, 0.5) is 0 Å². The summed E-state index contributed by atoms with van der Waals surface area (Å²) < 4.78 is 6.91. The predicted octanol–water partition coefficient (Wildman–Crippen LogP) is 2.54. The van der Waals surface area contributed by atoms with Crippen molar-refractivity contribution in [2.75, 3.05) is 6.54 Å². The molecule has 0 aromatic carbocycles. The molecule has 0 radical (unpaired) electrons. The molecule has 0 saturated carbocycles. The van der Waals surface area contributed by atoms with E-state index in [1.807, 2.05) is 37.3 Å². The summed E-state index contributed by atoms with van der Waals surface area (Å²) in [6, 6.07) is 9.72. The minimum atomic E-state index is -0.0140. The number of nitrogens with one attached hydrogen (secondary N) is 1. The summed E-state index contributed by atoms with van der Waals surface area (Å²) in [6.45, 7) is 4.13. The number of furan rings is 1. The van der Waals surface area contributed by atoms with E-state index in [2.05, 4.69) is 15.0 Å². The Labute approximate surface area is 155 Å². The maximum atomic E-state index is 12.9. The van der Waals surface area contributed by atoms with Crippen LogP contribution >= 0.6 is 0 Å². The van der Waals surface area contributed by atoms with Crippen LogP contribution in [0.1, 0.15) is 22.7 Å². The van der Waals surface area contributed by atoms with Crippen molar-refractivity contribution in [1.29, 1.82) is 0 Å². The molecule has 5 rings (SSSR count). The molecule has 0 bridgehead atoms. The Hall–Kier alpha value is -3.19. The third kappa shape index (κ3) is 2.76. The van der Waals surface area contributed by atoms with Crippen molar-refractivity contribution in [3.05, 3.63) is 75.9 Å². The largest absolute Gasteiger partial charge is 0.469 e. The Morgan fingerprint density at radius 1 is 1.30 bits per heavy atom. The molecule has 1 aliphatic rings. The molecule has 4 aromatic heterocycles. The van der Waals surface area contributed by atoms with Gasteiger partial charge in [0, 0.05) is 43.0 Å². The fourth-order valence-corrected chi connectivity index (χ4v) is 3.71. The number of hydrogen-bond acceptors (Lipinski definition) is 5. The van der Waals surface area contributed by atoms with Gasteiger partial charge in [0.1, 0.15) is 5.76 Å². The molecule has 0 aliphatic carbocycles. The normalized spacial score (nSPS) is 14.6. The van der Waals surface area contributed by atoms with Gasteiger partial charge in [-0.3, -0.25) is 19.8 Å². The smallest absolute Gasteiger partial charge is 0.276 e. The van der Waals surface area contributed by atoms with Gasteiger partial charge in [0.15, 0.2) is 5.65 Å². The molecule has 0 spiro atoms. The van der Waals surface area contributed by atoms with Crippen LogP contribution < -0.4 is 5.56 Å². The summed E-state index contributed by atoms with van der Waals surface area (Å²) >= 11 is 0. The Kier molecular flexibility index (Phi) is 3.68. The second kappa shape index (κ2) is 6.21. The fraction of sp³-hybridized carbons (Fsp3) is 0.250. The summed E-state index contributed by atoms with van der Waals surface area (Å²) in [4.78, 5) is 24.4. The average Bonchev–Trinajstić information content (AvgIpc) is 3.28. The fourth-order valence-electron chi connectivity index (χ4n) is 3.71. The topological polar surface area (TPSA) is 79.4 Å². The Morgan fingerprint density at radius 3 is 3.00 bits per heavy atom. The van der Waals surface area contributed by atoms with E-state index in [1.165, 1.54) is 4.52 Å². The van der Waals surface area contributed by atoms with Crippen LogP contribution in [0.15, 0.2) is 52.0 Å². The number of aromatic amines is 1. The van der Waals surface area contributed by atoms with Gasteiger partial charge in [-0.05, 0) is 31.5 Å². The lowest BCUT2D eigenvalue weighted by molar-refractivity contribution is 0.238. The Bertz CT molecular complexity index is 1170. The van der Waals surface area contributed by atoms with E-state index in [9.17, 15) is 4.79 Å². The van der Waals surface area contributed by atoms with Crippen molar-refractivity contribution in [3.8, 4) is 11.3 Å². The molecule has 0 amide bonds. The first kappa shape index (κ1) is 16.0. The first-order chi connectivity index (χ1) is 13.2. The van der Waals surface area contributed by atoms with E-state index in [-0.39, 0.29) is 5.56 Å². The molecule has 0 fully saturated rings. The maximum absolute atomic E-state index is 12.9. The van der Waals surface area contributed by atoms with Gasteiger partial charge in [0.25, 0.3) is 5.56 Å². The highest BCUT2D eigenvalue weighted by Crippen LogP contribution is 2.24. The van der Waals surface area contributed by atoms with Crippen molar-refractivity contribution >= 4 is 5.65 Å². The van der Waals surface area contributed by atoms with Gasteiger partial charge < -0.3 is 4.42 Å². The molecule has 27 heavy (non-hydrogen) atoms. The average molecular weight is 361 g/mol. The van der Waals surface area contributed by atoms with E-state index < -0.39 is 0 Å². The minimum absolute atomic E-state index is 0.0140. The van der Waals surface area contributed by atoms with Gasteiger partial charge in [-0.2, -0.15) is 0 Å². The van der Waals surface area contributed by atoms with Gasteiger partial charge in [0.05, 0.1) is 23.3 Å². The van der Waals surface area contributed by atoms with Crippen molar-refractivity contribution < 1.29 is 4.42 Å². The van der Waals surface area contributed by atoms with Gasteiger partial charge in [-0.15, -0.1) is 0 Å². The number of H-pyrrole nitrogens is 1. The molecule has 0 saturated heterocycles. The molecule has 4 aromatic rings. The van der Waals surface area contributed by atoms with E-state index in [0.717, 1.165) is 47.1 Å². The third-order valence-electron chi connectivity index (χ3n) is 5.11. The highest BCUT2D eigenvalue weighted by atomic mass is 16.3. The molecular weight excluding hydrogens is 342 g/mol. The van der Waals surface area contributed by atoms with E-state index in [1.54, 1.807) is 12.5 Å². The lowest BCUT2D eigenvalue weighted by atomic mass is 10.1. The SMILES string of the molecule is Cc1occc1-c1cc2nc3c(c(=O)n2[nH]1)CCN(Cc1ccccn1)C3. The zero-order valence-electron chi connectivity index (χ0n) is 15.0. The van der Waals surface area contributed by atoms with Crippen LogP contribution in [0.5, 0.6) is 0 Å². The van der Waals surface area contributed by atoms with Crippen LogP contribution in [-0.4, -0.2) is 31.0 Å². The zero-order chi connectivity index (χ0) is 18.4. The van der Waals surface area contributed by atoms with Crippen molar-refractivity contribution in [2.45, 2.75) is 26.4 Å². The lowest BCUT2D eigenvalue weighted by Crippen LogP contribution is -2.36. The number of aromatic nitrogens is 4. The molecule has 1 aliphatic heterocycles. The van der Waals surface area contributed by atoms with Crippen LogP contribution in [-0.2, 0) is 19.5 Å². The lowest BCUT2D eigenvalue weighted by Gasteiger charge is -2.27. The number of pyridine rings is 1. The Morgan fingerprint density at radius 2 is 2.22 bits per heavy atom. The number of nitrogens with zero attached hydrogens (tertiary/aromatic N) is 4. The third-order valence-corrected chi connectivity index (χ3v) is 5.11. The van der Waals surface area contributed by atoms with Crippen molar-refractivity contribution in [3.63, 3.8) is 0 Å². The molecule has 0 atom stereocenters. The van der Waals surface area contributed by atoms with E-state index in [0.29, 0.717) is 18.6 Å².